The molecule has 0 radical (unpaired) electrons. The summed E-state index contributed by atoms with van der Waals surface area (Å²) in [5, 5.41) is 4.36. The maximum absolute atomic E-state index is 12.4. The van der Waals surface area contributed by atoms with Crippen molar-refractivity contribution in [3.63, 3.8) is 0 Å². The van der Waals surface area contributed by atoms with Crippen molar-refractivity contribution in [3.8, 4) is 21.1 Å². The summed E-state index contributed by atoms with van der Waals surface area (Å²) in [4.78, 5) is 25.6. The summed E-state index contributed by atoms with van der Waals surface area (Å²) >= 11 is 2.76. The van der Waals surface area contributed by atoms with E-state index >= 15 is 0 Å². The molecule has 0 fully saturated rings. The number of amides is 1. The van der Waals surface area contributed by atoms with Crippen LogP contribution in [0.3, 0.4) is 0 Å². The average Bonchev–Trinajstić information content (AvgIpc) is 3.52. The number of nitrogens with zero attached hydrogens (tertiary/aromatic N) is 3. The summed E-state index contributed by atoms with van der Waals surface area (Å²) in [6, 6.07) is 20.0. The van der Waals surface area contributed by atoms with Gasteiger partial charge in [-0.1, -0.05) is 6.07 Å². The number of carbonyl (C=O) groups excluding carboxylic acids is 1. The molecule has 0 unspecified atom stereocenters. The summed E-state index contributed by atoms with van der Waals surface area (Å²) < 4.78 is 35.1. The van der Waals surface area contributed by atoms with Crippen LogP contribution in [-0.4, -0.2) is 33.8 Å². The summed E-state index contributed by atoms with van der Waals surface area (Å²) in [7, 11) is -4.38. The van der Waals surface area contributed by atoms with Gasteiger partial charge in [0.15, 0.2) is 0 Å². The zero-order chi connectivity index (χ0) is 26.4. The molecule has 0 aliphatic carbocycles. The van der Waals surface area contributed by atoms with Crippen LogP contribution in [0, 0.1) is 6.92 Å². The van der Waals surface area contributed by atoms with Crippen LogP contribution >= 0.6 is 22.7 Å². The smallest absolute Gasteiger partial charge is 0.296 e. The third kappa shape index (κ3) is 4.56. The number of thiazole rings is 2. The first kappa shape index (κ1) is 24.3. The highest BCUT2D eigenvalue weighted by atomic mass is 32.2. The van der Waals surface area contributed by atoms with Crippen LogP contribution in [0.15, 0.2) is 84.0 Å². The number of nitrogens with one attached hydrogen (secondary N) is 1. The second kappa shape index (κ2) is 9.37. The Morgan fingerprint density at radius 1 is 0.842 bits per heavy atom. The quantitative estimate of drug-likeness (QED) is 0.233. The maximum atomic E-state index is 12.4. The van der Waals surface area contributed by atoms with E-state index in [1.165, 1.54) is 22.7 Å². The van der Waals surface area contributed by atoms with Crippen molar-refractivity contribution in [2.75, 3.05) is 5.32 Å². The first-order chi connectivity index (χ1) is 18.3. The van der Waals surface area contributed by atoms with Gasteiger partial charge < -0.3 is 5.32 Å². The lowest BCUT2D eigenvalue weighted by molar-refractivity contribution is 0.102. The minimum absolute atomic E-state index is 0.0969. The van der Waals surface area contributed by atoms with Crippen LogP contribution in [0.4, 0.5) is 5.69 Å². The predicted octanol–water partition coefficient (Wildman–Crippen LogP) is 6.44. The van der Waals surface area contributed by atoms with Gasteiger partial charge in [0.1, 0.15) is 14.9 Å². The number of anilines is 1. The van der Waals surface area contributed by atoms with Gasteiger partial charge in [-0.15, -0.1) is 22.7 Å². The van der Waals surface area contributed by atoms with Gasteiger partial charge in [0.2, 0.25) is 0 Å². The first-order valence-corrected chi connectivity index (χ1v) is 14.4. The van der Waals surface area contributed by atoms with Crippen molar-refractivity contribution in [3.05, 3.63) is 90.3 Å². The number of pyridine rings is 1. The molecule has 3 aromatic carbocycles. The van der Waals surface area contributed by atoms with Crippen LogP contribution < -0.4 is 5.32 Å². The molecule has 188 valence electrons. The SMILES string of the molecule is Cc1ccc2nc(-c3ccc4nc(-c5ccc(NC(=O)c6ccncc6)cc5)sc4c3)sc2c1S(=O)(=O)O. The number of rotatable bonds is 5. The number of carbonyl (C=O) groups is 1. The molecule has 38 heavy (non-hydrogen) atoms. The number of aromatic nitrogens is 3. The summed E-state index contributed by atoms with van der Waals surface area (Å²) in [6.45, 7) is 1.65. The van der Waals surface area contributed by atoms with Crippen LogP contribution in [0.5, 0.6) is 0 Å². The van der Waals surface area contributed by atoms with Gasteiger partial charge in [-0.2, -0.15) is 8.42 Å². The Morgan fingerprint density at radius 2 is 1.50 bits per heavy atom. The fraction of sp³-hybridized carbons (Fsp3) is 0.0370. The molecular weight excluding hydrogens is 541 g/mol. The number of hydrogen-bond donors (Lipinski definition) is 2. The highest BCUT2D eigenvalue weighted by molar-refractivity contribution is 7.86. The van der Waals surface area contributed by atoms with Crippen molar-refractivity contribution in [2.24, 2.45) is 0 Å². The summed E-state index contributed by atoms with van der Waals surface area (Å²) in [5.41, 5.74) is 4.78. The molecule has 0 atom stereocenters. The Balaban J connectivity index is 1.29. The Morgan fingerprint density at radius 3 is 2.24 bits per heavy atom. The Hall–Kier alpha value is -4.03. The molecule has 2 N–H and O–H groups in total. The number of fused-ring (bicyclic) bond motifs is 2. The molecule has 0 spiro atoms. The highest BCUT2D eigenvalue weighted by Crippen LogP contribution is 2.38. The largest absolute Gasteiger partial charge is 0.322 e. The van der Waals surface area contributed by atoms with Gasteiger partial charge in [0.25, 0.3) is 16.0 Å². The molecule has 3 aromatic heterocycles. The monoisotopic (exact) mass is 558 g/mol. The van der Waals surface area contributed by atoms with E-state index in [4.69, 9.17) is 4.98 Å². The van der Waals surface area contributed by atoms with Crippen LogP contribution in [-0.2, 0) is 10.1 Å². The lowest BCUT2D eigenvalue weighted by atomic mass is 10.2. The standard InChI is InChI=1S/C27H18N4O4S3/c1-15-2-8-21-23(24(15)38(33,34)35)37-27(31-21)18-5-9-20-22(14-18)36-26(30-20)17-3-6-19(7-4-17)29-25(32)16-10-12-28-13-11-16/h2-14H,1H3,(H,29,32)(H,33,34,35). The van der Waals surface area contributed by atoms with Gasteiger partial charge in [0, 0.05) is 34.8 Å². The third-order valence-electron chi connectivity index (χ3n) is 5.93. The number of hydrogen-bond acceptors (Lipinski definition) is 8. The van der Waals surface area contributed by atoms with Crippen LogP contribution in [0.2, 0.25) is 0 Å². The molecular formula is C27H18N4O4S3. The fourth-order valence-corrected chi connectivity index (χ4v) is 7.41. The van der Waals surface area contributed by atoms with E-state index in [0.717, 1.165) is 26.4 Å². The van der Waals surface area contributed by atoms with Crippen molar-refractivity contribution in [1.29, 1.82) is 0 Å². The van der Waals surface area contributed by atoms with Crippen molar-refractivity contribution >= 4 is 64.8 Å². The van der Waals surface area contributed by atoms with E-state index < -0.39 is 10.1 Å². The minimum Gasteiger partial charge on any atom is -0.322 e. The Labute approximate surface area is 225 Å². The molecule has 6 rings (SSSR count). The normalized spacial score (nSPS) is 11.7. The van der Waals surface area contributed by atoms with Gasteiger partial charge in [0.05, 0.1) is 20.4 Å². The Bertz CT molecular complexity index is 1950. The van der Waals surface area contributed by atoms with E-state index in [0.29, 0.717) is 32.0 Å². The fourth-order valence-electron chi connectivity index (χ4n) is 4.09. The van der Waals surface area contributed by atoms with Crippen LogP contribution in [0.25, 0.3) is 41.6 Å². The van der Waals surface area contributed by atoms with Crippen LogP contribution in [0.1, 0.15) is 15.9 Å². The molecule has 1 amide bonds. The molecule has 3 heterocycles. The zero-order valence-corrected chi connectivity index (χ0v) is 22.2. The van der Waals surface area contributed by atoms with Crippen molar-refractivity contribution in [1.82, 2.24) is 15.0 Å². The van der Waals surface area contributed by atoms with Gasteiger partial charge in [-0.3, -0.25) is 14.3 Å². The summed E-state index contributed by atoms with van der Waals surface area (Å²) in [6.07, 6.45) is 3.15. The maximum Gasteiger partial charge on any atom is 0.296 e. The molecule has 6 aromatic rings. The first-order valence-electron chi connectivity index (χ1n) is 11.4. The van der Waals surface area contributed by atoms with E-state index in [1.807, 2.05) is 42.5 Å². The minimum atomic E-state index is -4.38. The predicted molar refractivity (Wildman–Crippen MR) is 150 cm³/mol. The lowest BCUT2D eigenvalue weighted by Gasteiger charge is -2.05. The van der Waals surface area contributed by atoms with Gasteiger partial charge >= 0.3 is 0 Å². The number of benzene rings is 3. The average molecular weight is 559 g/mol. The molecule has 8 nitrogen and oxygen atoms in total. The lowest BCUT2D eigenvalue weighted by Crippen LogP contribution is -2.11. The van der Waals surface area contributed by atoms with E-state index in [2.05, 4.69) is 15.3 Å². The zero-order valence-electron chi connectivity index (χ0n) is 19.7. The van der Waals surface area contributed by atoms with Gasteiger partial charge in [-0.25, -0.2) is 9.97 Å². The molecule has 0 bridgehead atoms. The van der Waals surface area contributed by atoms with E-state index in [1.54, 1.807) is 43.6 Å². The highest BCUT2D eigenvalue weighted by Gasteiger charge is 2.21. The third-order valence-corrected chi connectivity index (χ3v) is 9.31. The second-order valence-electron chi connectivity index (χ2n) is 8.52. The molecule has 0 saturated heterocycles. The second-order valence-corrected chi connectivity index (χ2v) is 11.9. The molecule has 0 aliphatic heterocycles. The summed E-state index contributed by atoms with van der Waals surface area (Å²) in [5.74, 6) is -0.207. The van der Waals surface area contributed by atoms with E-state index in [9.17, 15) is 17.8 Å². The molecule has 0 saturated carbocycles. The topological polar surface area (TPSA) is 122 Å². The van der Waals surface area contributed by atoms with Gasteiger partial charge in [-0.05, 0) is 73.2 Å². The van der Waals surface area contributed by atoms with E-state index in [-0.39, 0.29) is 10.8 Å². The molecule has 11 heteroatoms. The molecule has 0 aliphatic rings. The Kier molecular flexibility index (Phi) is 6.00. The van der Waals surface area contributed by atoms with Crippen molar-refractivity contribution < 1.29 is 17.8 Å². The van der Waals surface area contributed by atoms with Crippen molar-refractivity contribution in [2.45, 2.75) is 11.8 Å². The number of aryl methyl sites for hydroxylation is 1.